The number of aliphatic hydroxyl groups is 1. The highest BCUT2D eigenvalue weighted by Gasteiger charge is 2.64. The van der Waals surface area contributed by atoms with Gasteiger partial charge < -0.3 is 10.4 Å². The smallest absolute Gasteiger partial charge is 0.219 e. The minimum absolute atomic E-state index is 0.160. The van der Waals surface area contributed by atoms with E-state index in [1.807, 2.05) is 13.0 Å². The molecule has 1 amide bonds. The Morgan fingerprint density at radius 2 is 2.03 bits per heavy atom. The van der Waals surface area contributed by atoms with Crippen LogP contribution in [0.4, 0.5) is 0 Å². The Morgan fingerprint density at radius 3 is 2.77 bits per heavy atom. The van der Waals surface area contributed by atoms with Crippen LogP contribution in [0.25, 0.3) is 0 Å². The van der Waals surface area contributed by atoms with Gasteiger partial charge in [0.1, 0.15) is 0 Å². The summed E-state index contributed by atoms with van der Waals surface area (Å²) in [5.41, 5.74) is 1.67. The van der Waals surface area contributed by atoms with Crippen molar-refractivity contribution in [3.8, 4) is 0 Å². The van der Waals surface area contributed by atoms with E-state index < -0.39 is 0 Å². The van der Waals surface area contributed by atoms with Crippen molar-refractivity contribution in [3.05, 3.63) is 60.2 Å². The molecule has 2 saturated carbocycles. The molecule has 0 aromatic heterocycles. The molecule has 2 N–H and O–H groups in total. The molecule has 3 nitrogen and oxygen atoms in total. The van der Waals surface area contributed by atoms with Crippen molar-refractivity contribution in [2.45, 2.75) is 71.8 Å². The first kappa shape index (κ1) is 23.8. The standard InChI is InChI=1S/C28H41NO2/c1-4-29-27(31)14-10-6-9-13-24-20-28(24)22(3)19-21(2)26(28)18-17-25(30)16-15-23-11-7-5-8-12-23/h5,7-9,11-13,17-18,21-22,24-26,30H,4,6,10,14-16,19-20H2,1-3H3,(H,29,31)/b13-9-,18-17+/t21-,22+,24-,25+,26+,28+/m1/s1. The van der Waals surface area contributed by atoms with E-state index in [1.54, 1.807) is 0 Å². The first-order valence-corrected chi connectivity index (χ1v) is 12.3. The highest BCUT2D eigenvalue weighted by molar-refractivity contribution is 5.75. The summed E-state index contributed by atoms with van der Waals surface area (Å²) in [6.45, 7) is 7.47. The molecule has 170 valence electrons. The van der Waals surface area contributed by atoms with E-state index >= 15 is 0 Å². The molecule has 0 unspecified atom stereocenters. The lowest BCUT2D eigenvalue weighted by Crippen LogP contribution is -2.21. The van der Waals surface area contributed by atoms with E-state index in [1.165, 1.54) is 18.4 Å². The molecule has 2 aliphatic rings. The molecule has 6 atom stereocenters. The van der Waals surface area contributed by atoms with Gasteiger partial charge in [-0.15, -0.1) is 0 Å². The molecule has 1 spiro atoms. The Balaban J connectivity index is 1.50. The molecule has 3 rings (SSSR count). The monoisotopic (exact) mass is 423 g/mol. The molecule has 2 fully saturated rings. The van der Waals surface area contributed by atoms with Gasteiger partial charge in [0.05, 0.1) is 6.10 Å². The van der Waals surface area contributed by atoms with Crippen molar-refractivity contribution in [2.24, 2.45) is 29.1 Å². The van der Waals surface area contributed by atoms with Crippen molar-refractivity contribution in [3.63, 3.8) is 0 Å². The van der Waals surface area contributed by atoms with Crippen molar-refractivity contribution in [1.82, 2.24) is 5.32 Å². The Labute approximate surface area is 189 Å². The summed E-state index contributed by atoms with van der Waals surface area (Å²) in [4.78, 5) is 11.6. The average Bonchev–Trinajstić information content (AvgIpc) is 3.42. The van der Waals surface area contributed by atoms with Crippen LogP contribution >= 0.6 is 0 Å². The highest BCUT2D eigenvalue weighted by Crippen LogP contribution is 2.70. The summed E-state index contributed by atoms with van der Waals surface area (Å²) in [6.07, 6.45) is 15.5. The highest BCUT2D eigenvalue weighted by atomic mass is 16.3. The van der Waals surface area contributed by atoms with Crippen LogP contribution in [0.2, 0.25) is 0 Å². The lowest BCUT2D eigenvalue weighted by Gasteiger charge is -2.23. The zero-order valence-corrected chi connectivity index (χ0v) is 19.6. The fourth-order valence-electron chi connectivity index (χ4n) is 5.90. The number of amides is 1. The van der Waals surface area contributed by atoms with Crippen molar-refractivity contribution in [1.29, 1.82) is 0 Å². The molecule has 31 heavy (non-hydrogen) atoms. The zero-order valence-electron chi connectivity index (χ0n) is 19.6. The number of allylic oxidation sites excluding steroid dienone is 3. The number of hydrogen-bond donors (Lipinski definition) is 2. The number of hydrogen-bond acceptors (Lipinski definition) is 2. The van der Waals surface area contributed by atoms with E-state index in [2.05, 4.69) is 67.7 Å². The molecule has 2 aliphatic carbocycles. The molecular weight excluding hydrogens is 382 g/mol. The molecule has 0 bridgehead atoms. The van der Waals surface area contributed by atoms with Gasteiger partial charge in [-0.3, -0.25) is 4.79 Å². The van der Waals surface area contributed by atoms with Crippen LogP contribution in [-0.4, -0.2) is 23.7 Å². The van der Waals surface area contributed by atoms with Gasteiger partial charge in [-0.25, -0.2) is 0 Å². The van der Waals surface area contributed by atoms with Crippen LogP contribution in [0.3, 0.4) is 0 Å². The Hall–Kier alpha value is -1.87. The molecule has 0 radical (unpaired) electrons. The summed E-state index contributed by atoms with van der Waals surface area (Å²) in [5, 5.41) is 13.4. The number of rotatable bonds is 11. The minimum atomic E-state index is -0.373. The van der Waals surface area contributed by atoms with E-state index in [9.17, 15) is 9.90 Å². The van der Waals surface area contributed by atoms with E-state index in [4.69, 9.17) is 0 Å². The van der Waals surface area contributed by atoms with Gasteiger partial charge in [0.15, 0.2) is 0 Å². The number of unbranched alkanes of at least 4 members (excludes halogenated alkanes) is 1. The third-order valence-electron chi connectivity index (χ3n) is 7.61. The maximum atomic E-state index is 11.6. The predicted molar refractivity (Wildman–Crippen MR) is 129 cm³/mol. The summed E-state index contributed by atoms with van der Waals surface area (Å²) < 4.78 is 0. The first-order valence-electron chi connectivity index (χ1n) is 12.3. The summed E-state index contributed by atoms with van der Waals surface area (Å²) in [6, 6.07) is 10.4. The van der Waals surface area contributed by atoms with Gasteiger partial charge in [-0.05, 0) is 80.1 Å². The fraction of sp³-hybridized carbons (Fsp3) is 0.607. The molecule has 3 heteroatoms. The van der Waals surface area contributed by atoms with Gasteiger partial charge in [0.2, 0.25) is 5.91 Å². The Kier molecular flexibility index (Phi) is 8.54. The first-order chi connectivity index (χ1) is 15.0. The normalized spacial score (nSPS) is 31.0. The van der Waals surface area contributed by atoms with Crippen LogP contribution in [0.15, 0.2) is 54.6 Å². The second-order valence-electron chi connectivity index (χ2n) is 9.81. The predicted octanol–water partition coefficient (Wildman–Crippen LogP) is 5.70. The Bertz CT molecular complexity index is 756. The second-order valence-corrected chi connectivity index (χ2v) is 9.81. The number of aliphatic hydroxyl groups excluding tert-OH is 1. The number of benzene rings is 1. The third-order valence-corrected chi connectivity index (χ3v) is 7.61. The zero-order chi connectivity index (χ0) is 22.3. The van der Waals surface area contributed by atoms with Gasteiger partial charge >= 0.3 is 0 Å². The van der Waals surface area contributed by atoms with Crippen LogP contribution < -0.4 is 5.32 Å². The lowest BCUT2D eigenvalue weighted by atomic mass is 9.81. The number of aryl methyl sites for hydroxylation is 1. The second kappa shape index (κ2) is 11.1. The summed E-state index contributed by atoms with van der Waals surface area (Å²) in [7, 11) is 0. The Morgan fingerprint density at radius 1 is 1.26 bits per heavy atom. The molecule has 1 aromatic rings. The molecule has 0 aliphatic heterocycles. The minimum Gasteiger partial charge on any atom is -0.389 e. The third kappa shape index (κ3) is 6.10. The van der Waals surface area contributed by atoms with Crippen LogP contribution in [0.1, 0.15) is 64.9 Å². The van der Waals surface area contributed by atoms with Crippen LogP contribution in [0, 0.1) is 29.1 Å². The summed E-state index contributed by atoms with van der Waals surface area (Å²) in [5.74, 6) is 2.76. The van der Waals surface area contributed by atoms with Gasteiger partial charge in [0, 0.05) is 13.0 Å². The largest absolute Gasteiger partial charge is 0.389 e. The molecular formula is C28H41NO2. The van der Waals surface area contributed by atoms with Gasteiger partial charge in [-0.1, -0.05) is 68.5 Å². The van der Waals surface area contributed by atoms with E-state index in [-0.39, 0.29) is 12.0 Å². The molecule has 1 aromatic carbocycles. The lowest BCUT2D eigenvalue weighted by molar-refractivity contribution is -0.121. The van der Waals surface area contributed by atoms with Gasteiger partial charge in [0.25, 0.3) is 0 Å². The van der Waals surface area contributed by atoms with Crippen molar-refractivity contribution < 1.29 is 9.90 Å². The topological polar surface area (TPSA) is 49.3 Å². The molecule has 0 saturated heterocycles. The number of carbonyl (C=O) groups excluding carboxylic acids is 1. The SMILES string of the molecule is CCNC(=O)CCC/C=C\[C@@H]1C[C@]12[C@@H](C)C[C@@H](C)[C@@H]2/C=C/[C@@H](O)CCc1ccccc1. The quantitative estimate of drug-likeness (QED) is 0.354. The van der Waals surface area contributed by atoms with Crippen LogP contribution in [0.5, 0.6) is 0 Å². The van der Waals surface area contributed by atoms with E-state index in [0.717, 1.165) is 31.6 Å². The average molecular weight is 424 g/mol. The van der Waals surface area contributed by atoms with E-state index in [0.29, 0.717) is 36.1 Å². The number of carbonyl (C=O) groups is 1. The fourth-order valence-corrected chi connectivity index (χ4v) is 5.90. The van der Waals surface area contributed by atoms with Gasteiger partial charge in [-0.2, -0.15) is 0 Å². The maximum Gasteiger partial charge on any atom is 0.219 e. The maximum absolute atomic E-state index is 11.6. The van der Waals surface area contributed by atoms with Crippen molar-refractivity contribution >= 4 is 5.91 Å². The van der Waals surface area contributed by atoms with Crippen LogP contribution in [-0.2, 0) is 11.2 Å². The molecule has 0 heterocycles. The van der Waals surface area contributed by atoms with Crippen molar-refractivity contribution in [2.75, 3.05) is 6.54 Å². The summed E-state index contributed by atoms with van der Waals surface area (Å²) >= 11 is 0. The number of nitrogens with one attached hydrogen (secondary N) is 1.